The molecule has 1 aliphatic rings. The SMILES string of the molecule is CCCNC(=O)c1ccc(NC(=O)c2n[nH]c3c2CNCC3)cc1. The number of hydrogen-bond donors (Lipinski definition) is 4. The molecular formula is C17H21N5O2. The maximum absolute atomic E-state index is 12.4. The van der Waals surface area contributed by atoms with Crippen LogP contribution >= 0.6 is 0 Å². The number of amides is 2. The lowest BCUT2D eigenvalue weighted by Gasteiger charge is -2.13. The predicted molar refractivity (Wildman–Crippen MR) is 91.0 cm³/mol. The lowest BCUT2D eigenvalue weighted by Crippen LogP contribution is -2.25. The second-order valence-corrected chi connectivity index (χ2v) is 5.74. The van der Waals surface area contributed by atoms with Gasteiger partial charge in [0, 0.05) is 48.6 Å². The van der Waals surface area contributed by atoms with Crippen LogP contribution in [0.25, 0.3) is 0 Å². The molecule has 1 aromatic carbocycles. The zero-order chi connectivity index (χ0) is 16.9. The maximum Gasteiger partial charge on any atom is 0.276 e. The average molecular weight is 327 g/mol. The fourth-order valence-corrected chi connectivity index (χ4v) is 2.65. The van der Waals surface area contributed by atoms with E-state index in [0.29, 0.717) is 30.0 Å². The second-order valence-electron chi connectivity index (χ2n) is 5.74. The first-order valence-electron chi connectivity index (χ1n) is 8.15. The van der Waals surface area contributed by atoms with Gasteiger partial charge in [0.2, 0.25) is 0 Å². The van der Waals surface area contributed by atoms with Gasteiger partial charge < -0.3 is 16.0 Å². The van der Waals surface area contributed by atoms with E-state index in [4.69, 9.17) is 0 Å². The van der Waals surface area contributed by atoms with Crippen LogP contribution in [0.15, 0.2) is 24.3 Å². The molecule has 0 unspecified atom stereocenters. The van der Waals surface area contributed by atoms with Crippen molar-refractivity contribution in [2.45, 2.75) is 26.3 Å². The number of benzene rings is 1. The highest BCUT2D eigenvalue weighted by Gasteiger charge is 2.21. The van der Waals surface area contributed by atoms with E-state index in [9.17, 15) is 9.59 Å². The third-order valence-corrected chi connectivity index (χ3v) is 3.96. The van der Waals surface area contributed by atoms with Gasteiger partial charge in [-0.1, -0.05) is 6.92 Å². The first-order valence-corrected chi connectivity index (χ1v) is 8.15. The van der Waals surface area contributed by atoms with Crippen LogP contribution in [0.4, 0.5) is 5.69 Å². The normalized spacial score (nSPS) is 13.2. The number of anilines is 1. The summed E-state index contributed by atoms with van der Waals surface area (Å²) in [5.41, 5.74) is 3.56. The van der Waals surface area contributed by atoms with Gasteiger partial charge in [-0.3, -0.25) is 14.7 Å². The summed E-state index contributed by atoms with van der Waals surface area (Å²) in [5, 5.41) is 15.9. The molecule has 126 valence electrons. The van der Waals surface area contributed by atoms with Crippen LogP contribution in [0.1, 0.15) is 45.4 Å². The van der Waals surface area contributed by atoms with Gasteiger partial charge >= 0.3 is 0 Å². The molecule has 1 aromatic heterocycles. The smallest absolute Gasteiger partial charge is 0.276 e. The van der Waals surface area contributed by atoms with E-state index in [1.54, 1.807) is 24.3 Å². The number of aromatic amines is 1. The lowest BCUT2D eigenvalue weighted by molar-refractivity contribution is 0.0953. The van der Waals surface area contributed by atoms with E-state index in [2.05, 4.69) is 26.1 Å². The summed E-state index contributed by atoms with van der Waals surface area (Å²) in [7, 11) is 0. The quantitative estimate of drug-likeness (QED) is 0.668. The molecule has 0 aliphatic carbocycles. The molecule has 7 nitrogen and oxygen atoms in total. The Kier molecular flexibility index (Phi) is 4.90. The molecule has 2 aromatic rings. The van der Waals surface area contributed by atoms with Crippen molar-refractivity contribution in [2.24, 2.45) is 0 Å². The van der Waals surface area contributed by atoms with E-state index in [-0.39, 0.29) is 11.8 Å². The molecule has 2 amide bonds. The van der Waals surface area contributed by atoms with E-state index in [0.717, 1.165) is 30.6 Å². The van der Waals surface area contributed by atoms with Crippen molar-refractivity contribution < 1.29 is 9.59 Å². The first-order chi connectivity index (χ1) is 11.7. The zero-order valence-corrected chi connectivity index (χ0v) is 13.6. The van der Waals surface area contributed by atoms with Gasteiger partial charge in [-0.25, -0.2) is 0 Å². The third-order valence-electron chi connectivity index (χ3n) is 3.96. The minimum absolute atomic E-state index is 0.109. The van der Waals surface area contributed by atoms with Crippen molar-refractivity contribution in [1.82, 2.24) is 20.8 Å². The van der Waals surface area contributed by atoms with Gasteiger partial charge in [-0.2, -0.15) is 5.10 Å². The summed E-state index contributed by atoms with van der Waals surface area (Å²) in [6, 6.07) is 6.83. The van der Waals surface area contributed by atoms with Crippen molar-refractivity contribution in [2.75, 3.05) is 18.4 Å². The molecule has 0 bridgehead atoms. The molecule has 0 saturated carbocycles. The Morgan fingerprint density at radius 3 is 2.75 bits per heavy atom. The summed E-state index contributed by atoms with van der Waals surface area (Å²) in [5.74, 6) is -0.360. The summed E-state index contributed by atoms with van der Waals surface area (Å²) >= 11 is 0. The second kappa shape index (κ2) is 7.27. The van der Waals surface area contributed by atoms with Crippen molar-refractivity contribution in [3.8, 4) is 0 Å². The Bertz CT molecular complexity index is 736. The Balaban J connectivity index is 1.66. The predicted octanol–water partition coefficient (Wildman–Crippen LogP) is 1.45. The molecule has 3 rings (SSSR count). The van der Waals surface area contributed by atoms with Gasteiger partial charge in [-0.15, -0.1) is 0 Å². The topological polar surface area (TPSA) is 98.9 Å². The number of nitrogens with zero attached hydrogens (tertiary/aromatic N) is 1. The average Bonchev–Trinajstić information content (AvgIpc) is 3.04. The van der Waals surface area contributed by atoms with Crippen molar-refractivity contribution in [3.63, 3.8) is 0 Å². The molecule has 0 radical (unpaired) electrons. The number of carbonyl (C=O) groups is 2. The molecule has 4 N–H and O–H groups in total. The van der Waals surface area contributed by atoms with E-state index in [1.807, 2.05) is 6.92 Å². The van der Waals surface area contributed by atoms with E-state index in [1.165, 1.54) is 0 Å². The highest BCUT2D eigenvalue weighted by atomic mass is 16.2. The van der Waals surface area contributed by atoms with Crippen LogP contribution < -0.4 is 16.0 Å². The molecule has 24 heavy (non-hydrogen) atoms. The van der Waals surface area contributed by atoms with Gasteiger partial charge in [0.15, 0.2) is 5.69 Å². The first kappa shape index (κ1) is 16.2. The van der Waals surface area contributed by atoms with Crippen LogP contribution in [0.5, 0.6) is 0 Å². The Morgan fingerprint density at radius 2 is 2.00 bits per heavy atom. The molecule has 0 spiro atoms. The molecular weight excluding hydrogens is 306 g/mol. The van der Waals surface area contributed by atoms with Gasteiger partial charge in [0.25, 0.3) is 11.8 Å². The minimum Gasteiger partial charge on any atom is -0.352 e. The van der Waals surface area contributed by atoms with Gasteiger partial charge in [0.05, 0.1) is 0 Å². The van der Waals surface area contributed by atoms with Gasteiger partial charge in [0.1, 0.15) is 0 Å². The number of carbonyl (C=O) groups excluding carboxylic acids is 2. The fourth-order valence-electron chi connectivity index (χ4n) is 2.65. The largest absolute Gasteiger partial charge is 0.352 e. The molecule has 0 saturated heterocycles. The number of fused-ring (bicyclic) bond motifs is 1. The summed E-state index contributed by atoms with van der Waals surface area (Å²) in [4.78, 5) is 24.3. The number of aromatic nitrogens is 2. The molecule has 0 atom stereocenters. The highest BCUT2D eigenvalue weighted by molar-refractivity contribution is 6.04. The molecule has 7 heteroatoms. The fraction of sp³-hybridized carbons (Fsp3) is 0.353. The summed E-state index contributed by atoms with van der Waals surface area (Å²) in [6.07, 6.45) is 1.74. The van der Waals surface area contributed by atoms with Crippen molar-refractivity contribution in [3.05, 3.63) is 46.8 Å². The van der Waals surface area contributed by atoms with E-state index < -0.39 is 0 Å². The maximum atomic E-state index is 12.4. The Hall–Kier alpha value is -2.67. The highest BCUT2D eigenvalue weighted by Crippen LogP contribution is 2.17. The van der Waals surface area contributed by atoms with Crippen LogP contribution in [0, 0.1) is 0 Å². The van der Waals surface area contributed by atoms with Crippen LogP contribution in [-0.2, 0) is 13.0 Å². The van der Waals surface area contributed by atoms with Crippen molar-refractivity contribution in [1.29, 1.82) is 0 Å². The number of H-pyrrole nitrogens is 1. The number of nitrogens with one attached hydrogen (secondary N) is 4. The van der Waals surface area contributed by atoms with Crippen molar-refractivity contribution >= 4 is 17.5 Å². The van der Waals surface area contributed by atoms with Gasteiger partial charge in [-0.05, 0) is 30.7 Å². The Morgan fingerprint density at radius 1 is 1.21 bits per heavy atom. The molecule has 0 fully saturated rings. The third kappa shape index (κ3) is 3.46. The lowest BCUT2D eigenvalue weighted by atomic mass is 10.1. The Labute approximate surface area is 140 Å². The van der Waals surface area contributed by atoms with Crippen LogP contribution in [-0.4, -0.2) is 35.1 Å². The number of hydrogen-bond acceptors (Lipinski definition) is 4. The van der Waals surface area contributed by atoms with Crippen LogP contribution in [0.2, 0.25) is 0 Å². The van der Waals surface area contributed by atoms with E-state index >= 15 is 0 Å². The summed E-state index contributed by atoms with van der Waals surface area (Å²) in [6.45, 7) is 4.18. The standard InChI is InChI=1S/C17H21N5O2/c1-2-8-19-16(23)11-3-5-12(6-4-11)20-17(24)15-13-10-18-9-7-14(13)21-22-15/h3-6,18H,2,7-10H2,1H3,(H,19,23)(H,20,24)(H,21,22). The summed E-state index contributed by atoms with van der Waals surface area (Å²) < 4.78 is 0. The van der Waals surface area contributed by atoms with Crippen LogP contribution in [0.3, 0.4) is 0 Å². The number of rotatable bonds is 5. The molecule has 1 aliphatic heterocycles. The zero-order valence-electron chi connectivity index (χ0n) is 13.6. The minimum atomic E-state index is -0.251. The monoisotopic (exact) mass is 327 g/mol. The molecule has 2 heterocycles.